The standard InChI is InChI=1S/C15H19N3/c16-8-5-12-1-3-14(4-2-12)17-15-7-10-18-9-6-13(15)11-18/h1-4,13,15,17H,5-7,9-11H2. The van der Waals surface area contributed by atoms with Crippen LogP contribution in [0.3, 0.4) is 0 Å². The van der Waals surface area contributed by atoms with Gasteiger partial charge in [-0.1, -0.05) is 12.1 Å². The second-order valence-corrected chi connectivity index (χ2v) is 5.42. The van der Waals surface area contributed by atoms with Crippen LogP contribution in [-0.2, 0) is 6.42 Å². The van der Waals surface area contributed by atoms with Gasteiger partial charge in [-0.3, -0.25) is 0 Å². The van der Waals surface area contributed by atoms with Crippen molar-refractivity contribution in [3.63, 3.8) is 0 Å². The van der Waals surface area contributed by atoms with E-state index in [0.717, 1.165) is 11.5 Å². The third-order valence-corrected chi connectivity index (χ3v) is 4.22. The largest absolute Gasteiger partial charge is 0.382 e. The van der Waals surface area contributed by atoms with E-state index in [-0.39, 0.29) is 0 Å². The molecule has 0 radical (unpaired) electrons. The fourth-order valence-corrected chi connectivity index (χ4v) is 3.17. The van der Waals surface area contributed by atoms with Crippen LogP contribution in [0.1, 0.15) is 18.4 Å². The van der Waals surface area contributed by atoms with Crippen LogP contribution in [-0.4, -0.2) is 30.6 Å². The summed E-state index contributed by atoms with van der Waals surface area (Å²) in [6.07, 6.45) is 3.09. The predicted octanol–water partition coefficient (Wildman–Crippen LogP) is 2.26. The van der Waals surface area contributed by atoms with Gasteiger partial charge in [-0.05, 0) is 43.0 Å². The fourth-order valence-electron chi connectivity index (χ4n) is 3.17. The summed E-state index contributed by atoms with van der Waals surface area (Å²) in [4.78, 5) is 2.57. The number of nitrogens with one attached hydrogen (secondary N) is 1. The number of benzene rings is 1. The van der Waals surface area contributed by atoms with Crippen LogP contribution in [0.4, 0.5) is 5.69 Å². The molecule has 0 aromatic heterocycles. The summed E-state index contributed by atoms with van der Waals surface area (Å²) < 4.78 is 0. The molecule has 2 saturated heterocycles. The Hall–Kier alpha value is -1.53. The molecule has 1 aromatic carbocycles. The summed E-state index contributed by atoms with van der Waals surface area (Å²) in [6.45, 7) is 3.79. The molecule has 2 heterocycles. The first-order valence-corrected chi connectivity index (χ1v) is 6.80. The Kier molecular flexibility index (Phi) is 3.21. The van der Waals surface area contributed by atoms with Crippen molar-refractivity contribution >= 4 is 5.69 Å². The SMILES string of the molecule is N#CCc1ccc(NC2CCN3CCC2C3)cc1. The minimum absolute atomic E-state index is 0.501. The summed E-state index contributed by atoms with van der Waals surface area (Å²) in [6, 6.07) is 11.1. The van der Waals surface area contributed by atoms with Crippen molar-refractivity contribution in [1.29, 1.82) is 5.26 Å². The molecule has 0 spiro atoms. The van der Waals surface area contributed by atoms with Gasteiger partial charge >= 0.3 is 0 Å². The van der Waals surface area contributed by atoms with Crippen LogP contribution in [0.25, 0.3) is 0 Å². The highest BCUT2D eigenvalue weighted by atomic mass is 15.2. The monoisotopic (exact) mass is 241 g/mol. The van der Waals surface area contributed by atoms with E-state index in [4.69, 9.17) is 5.26 Å². The van der Waals surface area contributed by atoms with Gasteiger partial charge in [0.1, 0.15) is 0 Å². The van der Waals surface area contributed by atoms with Crippen LogP contribution >= 0.6 is 0 Å². The minimum atomic E-state index is 0.501. The molecule has 1 aromatic rings. The number of anilines is 1. The zero-order chi connectivity index (χ0) is 12.4. The lowest BCUT2D eigenvalue weighted by Gasteiger charge is -2.31. The van der Waals surface area contributed by atoms with Gasteiger partial charge in [0.25, 0.3) is 0 Å². The third-order valence-electron chi connectivity index (χ3n) is 4.22. The maximum atomic E-state index is 8.65. The van der Waals surface area contributed by atoms with Crippen LogP contribution in [0.2, 0.25) is 0 Å². The molecule has 2 aliphatic heterocycles. The Morgan fingerprint density at radius 1 is 1.22 bits per heavy atom. The smallest absolute Gasteiger partial charge is 0.0669 e. The molecule has 3 heteroatoms. The van der Waals surface area contributed by atoms with Gasteiger partial charge in [0.2, 0.25) is 0 Å². The first-order chi connectivity index (χ1) is 8.85. The number of hydrogen-bond donors (Lipinski definition) is 1. The summed E-state index contributed by atoms with van der Waals surface area (Å²) in [5.41, 5.74) is 2.29. The van der Waals surface area contributed by atoms with Crippen LogP contribution < -0.4 is 5.32 Å². The Morgan fingerprint density at radius 2 is 2.00 bits per heavy atom. The molecule has 2 aliphatic rings. The van der Waals surface area contributed by atoms with E-state index < -0.39 is 0 Å². The van der Waals surface area contributed by atoms with Crippen molar-refractivity contribution in [3.8, 4) is 6.07 Å². The highest BCUT2D eigenvalue weighted by Gasteiger charge is 2.33. The lowest BCUT2D eigenvalue weighted by Crippen LogP contribution is -2.39. The molecule has 3 unspecified atom stereocenters. The minimum Gasteiger partial charge on any atom is -0.382 e. The summed E-state index contributed by atoms with van der Waals surface area (Å²) >= 11 is 0. The molecule has 1 N–H and O–H groups in total. The second kappa shape index (κ2) is 4.99. The molecule has 2 bridgehead atoms. The number of fused-ring (bicyclic) bond motifs is 2. The molecule has 3 rings (SSSR count). The van der Waals surface area contributed by atoms with E-state index in [2.05, 4.69) is 40.6 Å². The molecule has 0 saturated carbocycles. The van der Waals surface area contributed by atoms with E-state index >= 15 is 0 Å². The Labute approximate surface area is 108 Å². The molecule has 94 valence electrons. The van der Waals surface area contributed by atoms with Crippen molar-refractivity contribution < 1.29 is 0 Å². The van der Waals surface area contributed by atoms with Crippen LogP contribution in [0.15, 0.2) is 24.3 Å². The van der Waals surface area contributed by atoms with E-state index in [0.29, 0.717) is 12.5 Å². The maximum Gasteiger partial charge on any atom is 0.0669 e. The quantitative estimate of drug-likeness (QED) is 0.882. The summed E-state index contributed by atoms with van der Waals surface area (Å²) in [7, 11) is 0. The van der Waals surface area contributed by atoms with E-state index in [1.807, 2.05) is 0 Å². The first-order valence-electron chi connectivity index (χ1n) is 6.80. The number of piperidine rings is 1. The normalized spacial score (nSPS) is 29.8. The predicted molar refractivity (Wildman–Crippen MR) is 72.3 cm³/mol. The Morgan fingerprint density at radius 3 is 2.78 bits per heavy atom. The second-order valence-electron chi connectivity index (χ2n) is 5.42. The topological polar surface area (TPSA) is 39.1 Å². The summed E-state index contributed by atoms with van der Waals surface area (Å²) in [5, 5.41) is 12.3. The van der Waals surface area contributed by atoms with Gasteiger partial charge < -0.3 is 10.2 Å². The average molecular weight is 241 g/mol. The molecule has 0 amide bonds. The maximum absolute atomic E-state index is 8.65. The first kappa shape index (κ1) is 11.6. The molecule has 18 heavy (non-hydrogen) atoms. The molecule has 2 fully saturated rings. The Bertz CT molecular complexity index is 446. The Balaban J connectivity index is 1.63. The molecule has 0 aliphatic carbocycles. The average Bonchev–Trinajstić information content (AvgIpc) is 2.78. The van der Waals surface area contributed by atoms with Gasteiger partial charge in [0.15, 0.2) is 0 Å². The van der Waals surface area contributed by atoms with Crippen molar-refractivity contribution in [2.75, 3.05) is 25.0 Å². The van der Waals surface area contributed by atoms with E-state index in [9.17, 15) is 0 Å². The lowest BCUT2D eigenvalue weighted by molar-refractivity contribution is 0.255. The van der Waals surface area contributed by atoms with Gasteiger partial charge in [-0.2, -0.15) is 5.26 Å². The van der Waals surface area contributed by atoms with Gasteiger partial charge in [0, 0.05) is 24.8 Å². The fraction of sp³-hybridized carbons (Fsp3) is 0.533. The van der Waals surface area contributed by atoms with Gasteiger partial charge in [-0.25, -0.2) is 0 Å². The zero-order valence-electron chi connectivity index (χ0n) is 10.6. The highest BCUT2D eigenvalue weighted by molar-refractivity contribution is 5.46. The van der Waals surface area contributed by atoms with E-state index in [1.165, 1.54) is 38.2 Å². The number of nitrogens with zero attached hydrogens (tertiary/aromatic N) is 2. The van der Waals surface area contributed by atoms with Gasteiger partial charge in [0.05, 0.1) is 12.5 Å². The van der Waals surface area contributed by atoms with E-state index in [1.54, 1.807) is 0 Å². The molecule has 3 nitrogen and oxygen atoms in total. The molecular weight excluding hydrogens is 222 g/mol. The van der Waals surface area contributed by atoms with Crippen LogP contribution in [0, 0.1) is 17.2 Å². The third kappa shape index (κ3) is 2.34. The van der Waals surface area contributed by atoms with Crippen molar-refractivity contribution in [2.24, 2.45) is 5.92 Å². The zero-order valence-corrected chi connectivity index (χ0v) is 10.6. The lowest BCUT2D eigenvalue weighted by atomic mass is 9.94. The summed E-state index contributed by atoms with van der Waals surface area (Å²) in [5.74, 6) is 0.817. The number of nitriles is 1. The van der Waals surface area contributed by atoms with Crippen molar-refractivity contribution in [3.05, 3.63) is 29.8 Å². The van der Waals surface area contributed by atoms with Crippen LogP contribution in [0.5, 0.6) is 0 Å². The number of hydrogen-bond acceptors (Lipinski definition) is 3. The van der Waals surface area contributed by atoms with Crippen molar-refractivity contribution in [1.82, 2.24) is 4.90 Å². The molecular formula is C15H19N3. The molecule has 3 atom stereocenters. The highest BCUT2D eigenvalue weighted by Crippen LogP contribution is 2.29. The number of rotatable bonds is 3. The van der Waals surface area contributed by atoms with Crippen molar-refractivity contribution in [2.45, 2.75) is 25.3 Å². The van der Waals surface area contributed by atoms with Gasteiger partial charge in [-0.15, -0.1) is 0 Å².